The predicted molar refractivity (Wildman–Crippen MR) is 81.9 cm³/mol. The lowest BCUT2D eigenvalue weighted by Gasteiger charge is -2.43. The molecule has 1 aromatic carbocycles. The van der Waals surface area contributed by atoms with Crippen molar-refractivity contribution in [2.45, 2.75) is 19.4 Å². The van der Waals surface area contributed by atoms with Crippen molar-refractivity contribution >= 4 is 23.8 Å². The molecular weight excluding hydrogens is 262 g/mol. The molecule has 0 bridgehead atoms. The van der Waals surface area contributed by atoms with E-state index in [0.29, 0.717) is 0 Å². The van der Waals surface area contributed by atoms with Crippen molar-refractivity contribution in [1.29, 1.82) is 0 Å². The Kier molecular flexibility index (Phi) is 3.83. The van der Waals surface area contributed by atoms with Crippen LogP contribution < -0.4 is 20.3 Å². The minimum atomic E-state index is -0.180. The summed E-state index contributed by atoms with van der Waals surface area (Å²) in [6.07, 6.45) is 0. The van der Waals surface area contributed by atoms with Crippen LogP contribution in [0.25, 0.3) is 0 Å². The van der Waals surface area contributed by atoms with E-state index in [9.17, 15) is 0 Å². The van der Waals surface area contributed by atoms with E-state index in [4.69, 9.17) is 10.5 Å². The summed E-state index contributed by atoms with van der Waals surface area (Å²) >= 11 is 0. The van der Waals surface area contributed by atoms with Crippen molar-refractivity contribution in [3.05, 3.63) is 18.2 Å². The topological polar surface area (TPSA) is 41.7 Å². The van der Waals surface area contributed by atoms with Gasteiger partial charge in [-0.1, -0.05) is 6.07 Å². The molecule has 0 amide bonds. The summed E-state index contributed by atoms with van der Waals surface area (Å²) in [4.78, 5) is 4.80. The lowest BCUT2D eigenvalue weighted by molar-refractivity contribution is 0.305. The number of ether oxygens (including phenoxy) is 1. The lowest BCUT2D eigenvalue weighted by Crippen LogP contribution is -2.51. The Hall–Kier alpha value is -1.13. The van der Waals surface area contributed by atoms with Crippen molar-refractivity contribution in [2.24, 2.45) is 5.73 Å². The standard InChI is InChI=1S/C14H21N3O.ClH/c1-14(2,15)10-17-7-6-16-8-9-18-12-5-3-4-11(17)13(12)16;/h3-5H,6-10,15H2,1-2H3;1H. The summed E-state index contributed by atoms with van der Waals surface area (Å²) in [5.74, 6) is 1.01. The SMILES string of the molecule is CC(C)(N)CN1CCN2CCOc3cccc1c32.Cl. The number of rotatable bonds is 2. The molecule has 0 atom stereocenters. The van der Waals surface area contributed by atoms with Gasteiger partial charge in [0.05, 0.1) is 12.2 Å². The molecule has 0 aliphatic carbocycles. The van der Waals surface area contributed by atoms with E-state index in [1.54, 1.807) is 0 Å². The van der Waals surface area contributed by atoms with Crippen LogP contribution in [0, 0.1) is 0 Å². The minimum absolute atomic E-state index is 0. The van der Waals surface area contributed by atoms with Gasteiger partial charge in [-0.15, -0.1) is 12.4 Å². The van der Waals surface area contributed by atoms with Crippen LogP contribution in [0.4, 0.5) is 11.4 Å². The first-order valence-corrected chi connectivity index (χ1v) is 6.59. The maximum absolute atomic E-state index is 6.16. The zero-order chi connectivity index (χ0) is 12.8. The first kappa shape index (κ1) is 14.3. The Morgan fingerprint density at radius 3 is 2.79 bits per heavy atom. The molecule has 0 saturated heterocycles. The molecule has 0 saturated carbocycles. The van der Waals surface area contributed by atoms with Crippen molar-refractivity contribution < 1.29 is 4.74 Å². The molecule has 2 aliphatic rings. The molecule has 0 fully saturated rings. The smallest absolute Gasteiger partial charge is 0.144 e. The average Bonchev–Trinajstić information content (AvgIpc) is 2.32. The molecule has 0 aromatic heterocycles. The molecule has 0 radical (unpaired) electrons. The highest BCUT2D eigenvalue weighted by Gasteiger charge is 2.30. The fourth-order valence-electron chi connectivity index (χ4n) is 2.82. The fraction of sp³-hybridized carbons (Fsp3) is 0.571. The summed E-state index contributed by atoms with van der Waals surface area (Å²) in [6.45, 7) is 8.90. The third-order valence-corrected chi connectivity index (χ3v) is 3.49. The Bertz CT molecular complexity index is 458. The van der Waals surface area contributed by atoms with E-state index in [2.05, 4.69) is 41.8 Å². The van der Waals surface area contributed by atoms with Gasteiger partial charge in [0, 0.05) is 25.2 Å². The molecule has 2 N–H and O–H groups in total. The van der Waals surface area contributed by atoms with Crippen molar-refractivity contribution in [3.63, 3.8) is 0 Å². The number of hydrogen-bond donors (Lipinski definition) is 1. The average molecular weight is 284 g/mol. The molecule has 1 aromatic rings. The number of hydrogen-bond acceptors (Lipinski definition) is 4. The summed E-state index contributed by atoms with van der Waals surface area (Å²) in [6, 6.07) is 6.30. The fourth-order valence-corrected chi connectivity index (χ4v) is 2.82. The number of para-hydroxylation sites is 1. The zero-order valence-electron chi connectivity index (χ0n) is 11.6. The molecule has 2 aliphatic heterocycles. The number of nitrogens with two attached hydrogens (primary N) is 1. The van der Waals surface area contributed by atoms with E-state index in [1.807, 2.05) is 0 Å². The predicted octanol–water partition coefficient (Wildman–Crippen LogP) is 1.86. The maximum Gasteiger partial charge on any atom is 0.144 e. The molecule has 3 rings (SSSR count). The highest BCUT2D eigenvalue weighted by atomic mass is 35.5. The lowest BCUT2D eigenvalue weighted by atomic mass is 10.0. The zero-order valence-corrected chi connectivity index (χ0v) is 12.4. The molecule has 0 unspecified atom stereocenters. The number of benzene rings is 1. The van der Waals surface area contributed by atoms with E-state index >= 15 is 0 Å². The van der Waals surface area contributed by atoms with Gasteiger partial charge < -0.3 is 20.3 Å². The molecule has 19 heavy (non-hydrogen) atoms. The normalized spacial score (nSPS) is 17.4. The Balaban J connectivity index is 0.00000133. The molecular formula is C14H22ClN3O. The highest BCUT2D eigenvalue weighted by Crippen LogP contribution is 2.42. The van der Waals surface area contributed by atoms with E-state index in [-0.39, 0.29) is 17.9 Å². The second kappa shape index (κ2) is 5.10. The van der Waals surface area contributed by atoms with E-state index in [1.165, 1.54) is 11.4 Å². The van der Waals surface area contributed by atoms with Crippen LogP contribution in [-0.4, -0.2) is 38.3 Å². The van der Waals surface area contributed by atoms with Gasteiger partial charge in [0.25, 0.3) is 0 Å². The second-order valence-corrected chi connectivity index (χ2v) is 5.87. The van der Waals surface area contributed by atoms with Gasteiger partial charge in [0.15, 0.2) is 0 Å². The Labute approximate surface area is 120 Å². The van der Waals surface area contributed by atoms with Gasteiger partial charge in [-0.25, -0.2) is 0 Å². The van der Waals surface area contributed by atoms with Crippen molar-refractivity contribution in [3.8, 4) is 5.75 Å². The van der Waals surface area contributed by atoms with Crippen LogP contribution in [0.5, 0.6) is 5.75 Å². The molecule has 5 heteroatoms. The first-order valence-electron chi connectivity index (χ1n) is 6.59. The van der Waals surface area contributed by atoms with Crippen LogP contribution in [0.1, 0.15) is 13.8 Å². The van der Waals surface area contributed by atoms with Gasteiger partial charge in [0.2, 0.25) is 0 Å². The van der Waals surface area contributed by atoms with Gasteiger partial charge >= 0.3 is 0 Å². The Morgan fingerprint density at radius 2 is 2.05 bits per heavy atom. The third kappa shape index (κ3) is 2.74. The van der Waals surface area contributed by atoms with Gasteiger partial charge in [0.1, 0.15) is 18.0 Å². The largest absolute Gasteiger partial charge is 0.489 e. The molecule has 106 valence electrons. The summed E-state index contributed by atoms with van der Waals surface area (Å²) in [5.41, 5.74) is 8.49. The first-order chi connectivity index (χ1) is 8.54. The van der Waals surface area contributed by atoms with Crippen molar-refractivity contribution in [2.75, 3.05) is 42.6 Å². The van der Waals surface area contributed by atoms with Gasteiger partial charge in [-0.2, -0.15) is 0 Å². The monoisotopic (exact) mass is 283 g/mol. The van der Waals surface area contributed by atoms with Gasteiger partial charge in [-0.05, 0) is 26.0 Å². The Morgan fingerprint density at radius 1 is 1.26 bits per heavy atom. The number of halogens is 1. The van der Waals surface area contributed by atoms with E-state index < -0.39 is 0 Å². The summed E-state index contributed by atoms with van der Waals surface area (Å²) in [7, 11) is 0. The summed E-state index contributed by atoms with van der Waals surface area (Å²) < 4.78 is 5.75. The van der Waals surface area contributed by atoms with Crippen LogP contribution in [0.15, 0.2) is 18.2 Å². The second-order valence-electron chi connectivity index (χ2n) is 5.87. The van der Waals surface area contributed by atoms with E-state index in [0.717, 1.165) is 38.5 Å². The molecule has 4 nitrogen and oxygen atoms in total. The minimum Gasteiger partial charge on any atom is -0.489 e. The van der Waals surface area contributed by atoms with Crippen molar-refractivity contribution in [1.82, 2.24) is 0 Å². The summed E-state index contributed by atoms with van der Waals surface area (Å²) in [5, 5.41) is 0. The third-order valence-electron chi connectivity index (χ3n) is 3.49. The molecule has 0 spiro atoms. The van der Waals surface area contributed by atoms with Crippen LogP contribution in [0.3, 0.4) is 0 Å². The molecule has 2 heterocycles. The van der Waals surface area contributed by atoms with Crippen LogP contribution >= 0.6 is 12.4 Å². The van der Waals surface area contributed by atoms with Crippen LogP contribution in [-0.2, 0) is 0 Å². The highest BCUT2D eigenvalue weighted by molar-refractivity contribution is 5.85. The maximum atomic E-state index is 6.16. The van der Waals surface area contributed by atoms with Gasteiger partial charge in [-0.3, -0.25) is 0 Å². The quantitative estimate of drug-likeness (QED) is 0.900. The van der Waals surface area contributed by atoms with Crippen LogP contribution in [0.2, 0.25) is 0 Å². The number of anilines is 2. The number of nitrogens with zero attached hydrogens (tertiary/aromatic N) is 2.